The molecule has 3 rings (SSSR count). The van der Waals surface area contributed by atoms with Gasteiger partial charge in [0.2, 0.25) is 10.0 Å². The summed E-state index contributed by atoms with van der Waals surface area (Å²) in [5.41, 5.74) is 0.946. The topological polar surface area (TPSA) is 105 Å². The van der Waals surface area contributed by atoms with E-state index in [1.54, 1.807) is 24.3 Å². The highest BCUT2D eigenvalue weighted by Gasteiger charge is 2.25. The van der Waals surface area contributed by atoms with E-state index in [-0.39, 0.29) is 17.1 Å². The van der Waals surface area contributed by atoms with E-state index < -0.39 is 21.8 Å². The maximum atomic E-state index is 12.7. The van der Waals surface area contributed by atoms with Crippen molar-refractivity contribution >= 4 is 39.1 Å². The van der Waals surface area contributed by atoms with Crippen LogP contribution in [0.4, 0.5) is 5.69 Å². The number of halogens is 1. The standard InChI is InChI=1S/C21H24ClN3O5S/c1-30-19-10-7-16(22)13-18(19)24-21(27)20(26)23-14-15-5-8-17(9-6-15)31(28,29)25-11-3-2-4-12-25/h5-10,13H,2-4,11-12,14H2,1H3,(H,23,26)(H,24,27). The van der Waals surface area contributed by atoms with Gasteiger partial charge in [-0.3, -0.25) is 9.59 Å². The van der Waals surface area contributed by atoms with Gasteiger partial charge < -0.3 is 15.4 Å². The number of nitrogens with zero attached hydrogens (tertiary/aromatic N) is 1. The molecule has 1 heterocycles. The summed E-state index contributed by atoms with van der Waals surface area (Å²) in [6.45, 7) is 1.14. The van der Waals surface area contributed by atoms with Gasteiger partial charge in [0, 0.05) is 24.7 Å². The van der Waals surface area contributed by atoms with Crippen molar-refractivity contribution in [3.05, 3.63) is 53.1 Å². The number of amides is 2. The zero-order valence-electron chi connectivity index (χ0n) is 17.1. The molecule has 0 unspecified atom stereocenters. The molecule has 0 aliphatic carbocycles. The van der Waals surface area contributed by atoms with Crippen LogP contribution in [-0.2, 0) is 26.2 Å². The summed E-state index contributed by atoms with van der Waals surface area (Å²) in [4.78, 5) is 24.5. The first kappa shape index (κ1) is 23.1. The first-order chi connectivity index (χ1) is 14.8. The van der Waals surface area contributed by atoms with Crippen molar-refractivity contribution in [2.45, 2.75) is 30.7 Å². The molecule has 10 heteroatoms. The van der Waals surface area contributed by atoms with Crippen molar-refractivity contribution in [2.75, 3.05) is 25.5 Å². The average molecular weight is 466 g/mol. The van der Waals surface area contributed by atoms with Crippen LogP contribution >= 0.6 is 11.6 Å². The maximum Gasteiger partial charge on any atom is 0.313 e. The highest BCUT2D eigenvalue weighted by molar-refractivity contribution is 7.89. The van der Waals surface area contributed by atoms with Crippen LogP contribution in [0.1, 0.15) is 24.8 Å². The molecule has 1 aliphatic heterocycles. The van der Waals surface area contributed by atoms with Gasteiger partial charge in [0.05, 0.1) is 17.7 Å². The average Bonchev–Trinajstić information content (AvgIpc) is 2.78. The van der Waals surface area contributed by atoms with Crippen LogP contribution in [0.15, 0.2) is 47.4 Å². The summed E-state index contributed by atoms with van der Waals surface area (Å²) in [5.74, 6) is -1.34. The molecule has 1 fully saturated rings. The number of sulfonamides is 1. The van der Waals surface area contributed by atoms with E-state index in [4.69, 9.17) is 16.3 Å². The Hall–Kier alpha value is -2.62. The second kappa shape index (κ2) is 10.1. The van der Waals surface area contributed by atoms with Gasteiger partial charge in [-0.1, -0.05) is 30.2 Å². The van der Waals surface area contributed by atoms with Gasteiger partial charge in [0.15, 0.2) is 0 Å². The van der Waals surface area contributed by atoms with Crippen LogP contribution in [-0.4, -0.2) is 44.7 Å². The number of ether oxygens (including phenoxy) is 1. The Labute approximate surface area is 186 Å². The molecule has 0 bridgehead atoms. The minimum atomic E-state index is -3.51. The molecule has 0 saturated carbocycles. The summed E-state index contributed by atoms with van der Waals surface area (Å²) in [7, 11) is -2.07. The molecule has 2 aromatic carbocycles. The molecular weight excluding hydrogens is 442 g/mol. The van der Waals surface area contributed by atoms with Crippen molar-refractivity contribution < 1.29 is 22.7 Å². The third-order valence-electron chi connectivity index (χ3n) is 4.95. The first-order valence-electron chi connectivity index (χ1n) is 9.83. The predicted octanol–water partition coefficient (Wildman–Crippen LogP) is 2.78. The summed E-state index contributed by atoms with van der Waals surface area (Å²) < 4.78 is 32.0. The fourth-order valence-electron chi connectivity index (χ4n) is 3.25. The predicted molar refractivity (Wildman–Crippen MR) is 118 cm³/mol. The molecule has 8 nitrogen and oxygen atoms in total. The fourth-order valence-corrected chi connectivity index (χ4v) is 4.94. The second-order valence-corrected chi connectivity index (χ2v) is 9.46. The largest absolute Gasteiger partial charge is 0.495 e. The first-order valence-corrected chi connectivity index (χ1v) is 11.6. The number of methoxy groups -OCH3 is 1. The molecule has 0 spiro atoms. The van der Waals surface area contributed by atoms with Gasteiger partial charge in [-0.2, -0.15) is 4.31 Å². The maximum absolute atomic E-state index is 12.7. The number of carbonyl (C=O) groups excluding carboxylic acids is 2. The minimum Gasteiger partial charge on any atom is -0.495 e. The Bertz CT molecular complexity index is 1050. The highest BCUT2D eigenvalue weighted by Crippen LogP contribution is 2.27. The highest BCUT2D eigenvalue weighted by atomic mass is 35.5. The molecule has 31 heavy (non-hydrogen) atoms. The number of carbonyl (C=O) groups is 2. The third-order valence-corrected chi connectivity index (χ3v) is 7.09. The van der Waals surface area contributed by atoms with Crippen molar-refractivity contribution in [3.63, 3.8) is 0 Å². The van der Waals surface area contributed by atoms with Gasteiger partial charge in [-0.15, -0.1) is 0 Å². The summed E-state index contributed by atoms with van der Waals surface area (Å²) in [6, 6.07) is 10.9. The number of hydrogen-bond acceptors (Lipinski definition) is 5. The lowest BCUT2D eigenvalue weighted by Crippen LogP contribution is -2.35. The monoisotopic (exact) mass is 465 g/mol. The van der Waals surface area contributed by atoms with Crippen LogP contribution < -0.4 is 15.4 Å². The molecule has 0 radical (unpaired) electrons. The van der Waals surface area contributed by atoms with E-state index in [2.05, 4.69) is 10.6 Å². The molecule has 0 aromatic heterocycles. The molecule has 2 amide bonds. The Morgan fingerprint density at radius 3 is 2.35 bits per heavy atom. The summed E-state index contributed by atoms with van der Waals surface area (Å²) >= 11 is 5.92. The van der Waals surface area contributed by atoms with E-state index in [0.717, 1.165) is 19.3 Å². The van der Waals surface area contributed by atoms with E-state index in [0.29, 0.717) is 29.4 Å². The number of piperidine rings is 1. The van der Waals surface area contributed by atoms with Crippen molar-refractivity contribution in [2.24, 2.45) is 0 Å². The van der Waals surface area contributed by atoms with Crippen molar-refractivity contribution in [1.29, 1.82) is 0 Å². The van der Waals surface area contributed by atoms with Gasteiger partial charge in [-0.25, -0.2) is 8.42 Å². The molecule has 2 N–H and O–H groups in total. The van der Waals surface area contributed by atoms with Crippen LogP contribution in [0.2, 0.25) is 5.02 Å². The van der Waals surface area contributed by atoms with Gasteiger partial charge in [0.1, 0.15) is 5.75 Å². The second-order valence-electron chi connectivity index (χ2n) is 7.09. The van der Waals surface area contributed by atoms with Gasteiger partial charge >= 0.3 is 11.8 Å². The lowest BCUT2D eigenvalue weighted by atomic mass is 10.2. The number of benzene rings is 2. The molecule has 166 valence electrons. The van der Waals surface area contributed by atoms with Crippen molar-refractivity contribution in [1.82, 2.24) is 9.62 Å². The molecule has 2 aromatic rings. The lowest BCUT2D eigenvalue weighted by Gasteiger charge is -2.25. The molecule has 1 saturated heterocycles. The molecule has 1 aliphatic rings. The normalized spacial score (nSPS) is 14.6. The zero-order valence-corrected chi connectivity index (χ0v) is 18.6. The summed E-state index contributed by atoms with van der Waals surface area (Å²) in [6.07, 6.45) is 2.78. The molecular formula is C21H24ClN3O5S. The van der Waals surface area contributed by atoms with Gasteiger partial charge in [0.25, 0.3) is 0 Å². The van der Waals surface area contributed by atoms with Crippen LogP contribution in [0.25, 0.3) is 0 Å². The Balaban J connectivity index is 1.58. The quantitative estimate of drug-likeness (QED) is 0.638. The SMILES string of the molecule is COc1ccc(Cl)cc1NC(=O)C(=O)NCc1ccc(S(=O)(=O)N2CCCCC2)cc1. The number of nitrogens with one attached hydrogen (secondary N) is 2. The van der Waals surface area contributed by atoms with E-state index in [9.17, 15) is 18.0 Å². The zero-order chi connectivity index (χ0) is 22.4. The smallest absolute Gasteiger partial charge is 0.313 e. The van der Waals surface area contributed by atoms with Crippen LogP contribution in [0.5, 0.6) is 5.75 Å². The van der Waals surface area contributed by atoms with E-state index in [1.807, 2.05) is 0 Å². The Morgan fingerprint density at radius 1 is 1.03 bits per heavy atom. The third kappa shape index (κ3) is 5.75. The van der Waals surface area contributed by atoms with E-state index in [1.165, 1.54) is 29.6 Å². The lowest BCUT2D eigenvalue weighted by molar-refractivity contribution is -0.136. The summed E-state index contributed by atoms with van der Waals surface area (Å²) in [5, 5.41) is 5.35. The Morgan fingerprint density at radius 2 is 1.71 bits per heavy atom. The number of rotatable bonds is 6. The van der Waals surface area contributed by atoms with Gasteiger partial charge in [-0.05, 0) is 48.7 Å². The number of hydrogen-bond donors (Lipinski definition) is 2. The fraction of sp³-hybridized carbons (Fsp3) is 0.333. The van der Waals surface area contributed by atoms with E-state index >= 15 is 0 Å². The Kier molecular flexibility index (Phi) is 7.53. The molecule has 0 atom stereocenters. The van der Waals surface area contributed by atoms with Crippen molar-refractivity contribution in [3.8, 4) is 5.75 Å². The van der Waals surface area contributed by atoms with Crippen LogP contribution in [0.3, 0.4) is 0 Å². The minimum absolute atomic E-state index is 0.0724. The van der Waals surface area contributed by atoms with Crippen LogP contribution in [0, 0.1) is 0 Å². The number of anilines is 1.